The van der Waals surface area contributed by atoms with Crippen LogP contribution in [0.3, 0.4) is 0 Å². The number of carboxylic acid groups (broad SMARTS) is 1. The second-order valence-electron chi connectivity index (χ2n) is 8.43. The van der Waals surface area contributed by atoms with Gasteiger partial charge >= 0.3 is 5.97 Å². The van der Waals surface area contributed by atoms with E-state index in [0.717, 1.165) is 31.2 Å². The maximum atomic E-state index is 13.2. The molecule has 7 nitrogen and oxygen atoms in total. The zero-order valence-electron chi connectivity index (χ0n) is 18.0. The molecule has 0 spiro atoms. The largest absolute Gasteiger partial charge is 0.481 e. The van der Waals surface area contributed by atoms with Gasteiger partial charge in [0.1, 0.15) is 22.2 Å². The van der Waals surface area contributed by atoms with Crippen molar-refractivity contribution in [3.05, 3.63) is 52.0 Å². The van der Waals surface area contributed by atoms with Crippen molar-refractivity contribution in [1.29, 1.82) is 0 Å². The Morgan fingerprint density at radius 1 is 1.06 bits per heavy atom. The van der Waals surface area contributed by atoms with Crippen LogP contribution in [0, 0.1) is 11.8 Å². The quantitative estimate of drug-likeness (QED) is 0.552. The van der Waals surface area contributed by atoms with Gasteiger partial charge in [-0.2, -0.15) is 0 Å². The lowest BCUT2D eigenvalue weighted by atomic mass is 9.74. The van der Waals surface area contributed by atoms with Crippen LogP contribution in [0.2, 0.25) is 10.3 Å². The fourth-order valence-electron chi connectivity index (χ4n) is 4.31. The summed E-state index contributed by atoms with van der Waals surface area (Å²) in [5.74, 6) is -0.973. The number of halogens is 2. The normalized spacial score (nSPS) is 20.4. The van der Waals surface area contributed by atoms with Gasteiger partial charge in [0.05, 0.1) is 18.6 Å². The van der Waals surface area contributed by atoms with E-state index < -0.39 is 18.0 Å². The van der Waals surface area contributed by atoms with Crippen molar-refractivity contribution >= 4 is 40.8 Å². The van der Waals surface area contributed by atoms with Crippen LogP contribution in [0.5, 0.6) is 0 Å². The molecule has 1 aromatic carbocycles. The van der Waals surface area contributed by atoms with Gasteiger partial charge in [-0.1, -0.05) is 42.3 Å². The molecule has 1 amide bonds. The number of aliphatic hydroxyl groups excluding tert-OH is 1. The Hall–Kier alpha value is -2.22. The summed E-state index contributed by atoms with van der Waals surface area (Å²) in [4.78, 5) is 33.5. The van der Waals surface area contributed by atoms with Crippen molar-refractivity contribution in [3.8, 4) is 0 Å². The van der Waals surface area contributed by atoms with Gasteiger partial charge in [-0.3, -0.25) is 9.59 Å². The number of rotatable bonds is 7. The van der Waals surface area contributed by atoms with Gasteiger partial charge in [-0.25, -0.2) is 9.97 Å². The molecule has 0 saturated heterocycles. The van der Waals surface area contributed by atoms with Crippen LogP contribution in [-0.4, -0.2) is 44.7 Å². The van der Waals surface area contributed by atoms with Crippen molar-refractivity contribution in [2.45, 2.75) is 51.6 Å². The molecule has 172 valence electrons. The first-order chi connectivity index (χ1) is 15.2. The zero-order valence-corrected chi connectivity index (χ0v) is 19.6. The second-order valence-corrected chi connectivity index (χ2v) is 9.14. The Balaban J connectivity index is 1.77. The molecule has 0 radical (unpaired) electrons. The molecule has 1 saturated carbocycles. The number of aromatic nitrogens is 2. The number of carboxylic acids is 1. The molecule has 1 aromatic heterocycles. The van der Waals surface area contributed by atoms with Crippen LogP contribution in [0.25, 0.3) is 0 Å². The Bertz CT molecular complexity index is 940. The number of aliphatic carboxylic acids is 1. The van der Waals surface area contributed by atoms with Gasteiger partial charge in [0.2, 0.25) is 0 Å². The smallest absolute Gasteiger partial charge is 0.306 e. The molecule has 1 fully saturated rings. The Morgan fingerprint density at radius 3 is 2.12 bits per heavy atom. The molecule has 1 aliphatic carbocycles. The van der Waals surface area contributed by atoms with E-state index in [4.69, 9.17) is 23.2 Å². The molecule has 2 aromatic rings. The fourth-order valence-corrected chi connectivity index (χ4v) is 4.78. The monoisotopic (exact) mass is 479 g/mol. The molecular formula is C23H27Cl2N3O4. The summed E-state index contributed by atoms with van der Waals surface area (Å²) < 4.78 is 0. The van der Waals surface area contributed by atoms with Gasteiger partial charge in [0.25, 0.3) is 5.91 Å². The predicted octanol–water partition coefficient (Wildman–Crippen LogP) is 4.81. The number of hydrogen-bond acceptors (Lipinski definition) is 5. The number of aliphatic hydroxyl groups is 1. The minimum Gasteiger partial charge on any atom is -0.481 e. The highest BCUT2D eigenvalue weighted by atomic mass is 35.5. The first-order valence-corrected chi connectivity index (χ1v) is 11.4. The van der Waals surface area contributed by atoms with Crippen LogP contribution in [0.4, 0.5) is 5.69 Å². The molecule has 0 aliphatic heterocycles. The molecular weight excluding hydrogens is 453 g/mol. The van der Waals surface area contributed by atoms with Gasteiger partial charge in [0.15, 0.2) is 0 Å². The Labute approximate surface area is 197 Å². The summed E-state index contributed by atoms with van der Waals surface area (Å²) in [6, 6.07) is 7.64. The summed E-state index contributed by atoms with van der Waals surface area (Å²) >= 11 is 12.2. The van der Waals surface area contributed by atoms with Crippen LogP contribution in [0.1, 0.15) is 61.4 Å². The maximum Gasteiger partial charge on any atom is 0.306 e. The third kappa shape index (κ3) is 5.57. The van der Waals surface area contributed by atoms with Gasteiger partial charge < -0.3 is 15.1 Å². The molecule has 1 aliphatic rings. The SMILES string of the molecule is CC(O)CN(C(=O)c1c(Cl)ncnc1Cl)c1ccc([C@H]2CC[C@H](C(C)C(=O)O)CC2)cc1. The number of carbonyl (C=O) groups excluding carboxylic acids is 1. The standard InChI is InChI=1S/C23H27Cl2N3O4/c1-13(29)11-28(22(30)19-20(24)26-12-27-21(19)25)18-9-7-17(8-10-18)16-5-3-15(4-6-16)14(2)23(31)32/h7-10,12-16,29H,3-6,11H2,1-2H3,(H,31,32)/t13?,14?,15-,16-. The van der Waals surface area contributed by atoms with E-state index in [1.54, 1.807) is 13.8 Å². The van der Waals surface area contributed by atoms with E-state index in [1.165, 1.54) is 11.2 Å². The highest BCUT2D eigenvalue weighted by molar-refractivity contribution is 6.39. The zero-order chi connectivity index (χ0) is 23.4. The number of benzene rings is 1. The van der Waals surface area contributed by atoms with E-state index in [-0.39, 0.29) is 34.3 Å². The lowest BCUT2D eigenvalue weighted by Gasteiger charge is -2.31. The lowest BCUT2D eigenvalue weighted by molar-refractivity contribution is -0.143. The van der Waals surface area contributed by atoms with Crippen LogP contribution < -0.4 is 4.90 Å². The van der Waals surface area contributed by atoms with Crippen molar-refractivity contribution in [2.75, 3.05) is 11.4 Å². The van der Waals surface area contributed by atoms with E-state index in [2.05, 4.69) is 9.97 Å². The number of nitrogens with zero attached hydrogens (tertiary/aromatic N) is 3. The molecule has 32 heavy (non-hydrogen) atoms. The number of anilines is 1. The van der Waals surface area contributed by atoms with Crippen molar-refractivity contribution in [2.24, 2.45) is 11.8 Å². The Kier molecular flexibility index (Phi) is 8.09. The number of hydrogen-bond donors (Lipinski definition) is 2. The van der Waals surface area contributed by atoms with Crippen LogP contribution in [0.15, 0.2) is 30.6 Å². The minimum atomic E-state index is -0.771. The van der Waals surface area contributed by atoms with E-state index in [1.807, 2.05) is 24.3 Å². The molecule has 0 bridgehead atoms. The minimum absolute atomic E-state index is 0.00793. The van der Waals surface area contributed by atoms with Crippen LogP contribution in [-0.2, 0) is 4.79 Å². The van der Waals surface area contributed by atoms with Gasteiger partial charge in [-0.15, -0.1) is 0 Å². The molecule has 3 rings (SSSR count). The lowest BCUT2D eigenvalue weighted by Crippen LogP contribution is -2.37. The van der Waals surface area contributed by atoms with E-state index in [9.17, 15) is 19.8 Å². The fraction of sp³-hybridized carbons (Fsp3) is 0.478. The predicted molar refractivity (Wildman–Crippen MR) is 123 cm³/mol. The summed E-state index contributed by atoms with van der Waals surface area (Å²) in [5, 5.41) is 19.1. The first kappa shape index (κ1) is 24.4. The van der Waals surface area contributed by atoms with Gasteiger partial charge in [-0.05, 0) is 62.1 Å². The second kappa shape index (κ2) is 10.6. The summed E-state index contributed by atoms with van der Waals surface area (Å²) in [6.45, 7) is 3.43. The maximum absolute atomic E-state index is 13.2. The summed E-state index contributed by atoms with van der Waals surface area (Å²) in [7, 11) is 0. The first-order valence-electron chi connectivity index (χ1n) is 10.7. The molecule has 1 heterocycles. The van der Waals surface area contributed by atoms with Crippen molar-refractivity contribution in [3.63, 3.8) is 0 Å². The Morgan fingerprint density at radius 2 is 1.62 bits per heavy atom. The molecule has 9 heteroatoms. The van der Waals surface area contributed by atoms with E-state index >= 15 is 0 Å². The highest BCUT2D eigenvalue weighted by Gasteiger charge is 2.30. The topological polar surface area (TPSA) is 104 Å². The summed E-state index contributed by atoms with van der Waals surface area (Å²) in [5.41, 5.74) is 1.74. The molecule has 2 N–H and O–H groups in total. The number of amides is 1. The third-order valence-electron chi connectivity index (χ3n) is 6.21. The highest BCUT2D eigenvalue weighted by Crippen LogP contribution is 2.39. The van der Waals surface area contributed by atoms with E-state index in [0.29, 0.717) is 11.6 Å². The van der Waals surface area contributed by atoms with Crippen molar-refractivity contribution < 1.29 is 19.8 Å². The third-order valence-corrected chi connectivity index (χ3v) is 6.78. The molecule has 2 unspecified atom stereocenters. The van der Waals surface area contributed by atoms with Crippen LogP contribution >= 0.6 is 23.2 Å². The average Bonchev–Trinajstić information content (AvgIpc) is 2.77. The molecule has 2 atom stereocenters. The average molecular weight is 480 g/mol. The number of carbonyl (C=O) groups is 2. The summed E-state index contributed by atoms with van der Waals surface area (Å²) in [6.07, 6.45) is 4.05. The van der Waals surface area contributed by atoms with Gasteiger partial charge in [0, 0.05) is 5.69 Å². The van der Waals surface area contributed by atoms with Crippen molar-refractivity contribution in [1.82, 2.24) is 9.97 Å².